The smallest absolute Gasteiger partial charge is 0.146 e. The summed E-state index contributed by atoms with van der Waals surface area (Å²) in [6, 6.07) is -0.223. The van der Waals surface area contributed by atoms with E-state index < -0.39 is 0 Å². The molecule has 2 atom stereocenters. The summed E-state index contributed by atoms with van der Waals surface area (Å²) in [5.41, 5.74) is 0.00736. The molecule has 0 bridgehead atoms. The molecule has 0 aliphatic heterocycles. The number of nitrogens with one attached hydrogen (secondary N) is 2. The first-order valence-electron chi connectivity index (χ1n) is 6.13. The molecule has 0 fully saturated rings. The van der Waals surface area contributed by atoms with Gasteiger partial charge in [0.05, 0.1) is 12.1 Å². The monoisotopic (exact) mass is 242 g/mol. The molecule has 0 spiro atoms. The summed E-state index contributed by atoms with van der Waals surface area (Å²) < 4.78 is 0. The average molecular weight is 242 g/mol. The van der Waals surface area contributed by atoms with Crippen molar-refractivity contribution < 1.29 is 9.59 Å². The van der Waals surface area contributed by atoms with Crippen molar-refractivity contribution in [3.8, 4) is 0 Å². The SMILES string of the molecule is CC(=O)[C@@H](C)NCC(C)(C)CN[C@H](C)C(C)=O. The molecule has 0 aliphatic carbocycles. The minimum absolute atomic E-state index is 0.00736. The van der Waals surface area contributed by atoms with E-state index in [0.717, 1.165) is 13.1 Å². The normalized spacial score (nSPS) is 15.4. The second-order valence-electron chi connectivity index (χ2n) is 5.59. The highest BCUT2D eigenvalue weighted by Crippen LogP contribution is 2.12. The minimum Gasteiger partial charge on any atom is -0.307 e. The van der Waals surface area contributed by atoms with Crippen molar-refractivity contribution in [3.05, 3.63) is 0 Å². The standard InChI is InChI=1S/C13H26N2O2/c1-9(11(3)16)14-7-13(5,6)8-15-10(2)12(4)17/h9-10,14-15H,7-8H2,1-6H3/t9-,10-/m1/s1. The van der Waals surface area contributed by atoms with Gasteiger partial charge in [0.1, 0.15) is 11.6 Å². The van der Waals surface area contributed by atoms with Crippen molar-refractivity contribution in [2.24, 2.45) is 5.41 Å². The van der Waals surface area contributed by atoms with Gasteiger partial charge >= 0.3 is 0 Å². The molecule has 17 heavy (non-hydrogen) atoms. The van der Waals surface area contributed by atoms with Gasteiger partial charge in [0.2, 0.25) is 0 Å². The fourth-order valence-electron chi connectivity index (χ4n) is 1.21. The van der Waals surface area contributed by atoms with Crippen LogP contribution in [0.5, 0.6) is 0 Å². The van der Waals surface area contributed by atoms with Gasteiger partial charge in [-0.1, -0.05) is 13.8 Å². The van der Waals surface area contributed by atoms with E-state index in [9.17, 15) is 9.59 Å². The van der Waals surface area contributed by atoms with Gasteiger partial charge in [0.15, 0.2) is 0 Å². The summed E-state index contributed by atoms with van der Waals surface area (Å²) in [5.74, 6) is 0.289. The van der Waals surface area contributed by atoms with Crippen molar-refractivity contribution in [1.29, 1.82) is 0 Å². The van der Waals surface area contributed by atoms with Crippen LogP contribution in [0.1, 0.15) is 41.5 Å². The largest absolute Gasteiger partial charge is 0.307 e. The van der Waals surface area contributed by atoms with Gasteiger partial charge in [-0.3, -0.25) is 9.59 Å². The highest BCUT2D eigenvalue weighted by Gasteiger charge is 2.21. The van der Waals surface area contributed by atoms with E-state index in [0.29, 0.717) is 0 Å². The van der Waals surface area contributed by atoms with Crippen LogP contribution in [0.4, 0.5) is 0 Å². The Morgan fingerprint density at radius 1 is 0.941 bits per heavy atom. The molecule has 0 heterocycles. The van der Waals surface area contributed by atoms with Crippen molar-refractivity contribution >= 4 is 11.6 Å². The third-order valence-electron chi connectivity index (χ3n) is 2.99. The quantitative estimate of drug-likeness (QED) is 0.670. The summed E-state index contributed by atoms with van der Waals surface area (Å²) in [7, 11) is 0. The third kappa shape index (κ3) is 7.23. The lowest BCUT2D eigenvalue weighted by Gasteiger charge is -2.28. The number of carbonyl (C=O) groups is 2. The van der Waals surface area contributed by atoms with Crippen LogP contribution in [-0.4, -0.2) is 36.7 Å². The van der Waals surface area contributed by atoms with Gasteiger partial charge in [-0.15, -0.1) is 0 Å². The maximum atomic E-state index is 11.1. The van der Waals surface area contributed by atoms with Crippen molar-refractivity contribution in [2.75, 3.05) is 13.1 Å². The lowest BCUT2D eigenvalue weighted by Crippen LogP contribution is -2.46. The van der Waals surface area contributed by atoms with Gasteiger partial charge in [-0.2, -0.15) is 0 Å². The molecular weight excluding hydrogens is 216 g/mol. The van der Waals surface area contributed by atoms with Crippen LogP contribution < -0.4 is 10.6 Å². The molecule has 4 nitrogen and oxygen atoms in total. The molecule has 2 N–H and O–H groups in total. The van der Waals surface area contributed by atoms with E-state index in [-0.39, 0.29) is 29.1 Å². The Hall–Kier alpha value is -0.740. The Labute approximate surface area is 105 Å². The zero-order chi connectivity index (χ0) is 13.6. The van der Waals surface area contributed by atoms with E-state index in [1.807, 2.05) is 13.8 Å². The van der Waals surface area contributed by atoms with E-state index in [4.69, 9.17) is 0 Å². The number of rotatable bonds is 8. The Balaban J connectivity index is 4.03. The van der Waals surface area contributed by atoms with E-state index in [1.165, 1.54) is 0 Å². The summed E-state index contributed by atoms with van der Waals surface area (Å²) in [4.78, 5) is 22.2. The van der Waals surface area contributed by atoms with Crippen LogP contribution in [0.3, 0.4) is 0 Å². The number of ketones is 2. The van der Waals surface area contributed by atoms with Crippen molar-refractivity contribution in [2.45, 2.75) is 53.6 Å². The lowest BCUT2D eigenvalue weighted by atomic mass is 9.92. The number of hydrogen-bond acceptors (Lipinski definition) is 4. The van der Waals surface area contributed by atoms with Crippen LogP contribution in [-0.2, 0) is 9.59 Å². The first kappa shape index (κ1) is 16.3. The van der Waals surface area contributed by atoms with E-state index >= 15 is 0 Å². The molecule has 0 unspecified atom stereocenters. The molecular formula is C13H26N2O2. The fourth-order valence-corrected chi connectivity index (χ4v) is 1.21. The van der Waals surface area contributed by atoms with Gasteiger partial charge in [0, 0.05) is 13.1 Å². The number of carbonyl (C=O) groups excluding carboxylic acids is 2. The molecule has 4 heteroatoms. The third-order valence-corrected chi connectivity index (χ3v) is 2.99. The van der Waals surface area contributed by atoms with Crippen LogP contribution in [0.2, 0.25) is 0 Å². The summed E-state index contributed by atoms with van der Waals surface area (Å²) in [5, 5.41) is 6.40. The molecule has 0 amide bonds. The molecule has 0 saturated carbocycles. The predicted octanol–water partition coefficient (Wildman–Crippen LogP) is 1.15. The Kier molecular flexibility index (Phi) is 6.57. The highest BCUT2D eigenvalue weighted by atomic mass is 16.1. The number of hydrogen-bond donors (Lipinski definition) is 2. The van der Waals surface area contributed by atoms with Gasteiger partial charge in [0.25, 0.3) is 0 Å². The van der Waals surface area contributed by atoms with Crippen molar-refractivity contribution in [3.63, 3.8) is 0 Å². The maximum Gasteiger partial charge on any atom is 0.146 e. The topological polar surface area (TPSA) is 58.2 Å². The van der Waals surface area contributed by atoms with Gasteiger partial charge in [-0.25, -0.2) is 0 Å². The van der Waals surface area contributed by atoms with E-state index in [1.54, 1.807) is 13.8 Å². The summed E-state index contributed by atoms with van der Waals surface area (Å²) in [6.45, 7) is 12.6. The second-order valence-corrected chi connectivity index (χ2v) is 5.59. The van der Waals surface area contributed by atoms with Crippen LogP contribution in [0.25, 0.3) is 0 Å². The highest BCUT2D eigenvalue weighted by molar-refractivity contribution is 5.81. The predicted molar refractivity (Wildman–Crippen MR) is 70.1 cm³/mol. The summed E-state index contributed by atoms with van der Waals surface area (Å²) in [6.07, 6.45) is 0. The maximum absolute atomic E-state index is 11.1. The summed E-state index contributed by atoms with van der Waals surface area (Å²) >= 11 is 0. The molecule has 0 aromatic heterocycles. The molecule has 0 rings (SSSR count). The lowest BCUT2D eigenvalue weighted by molar-refractivity contribution is -0.119. The minimum atomic E-state index is -0.112. The fraction of sp³-hybridized carbons (Fsp3) is 0.846. The zero-order valence-corrected chi connectivity index (χ0v) is 11.9. The Morgan fingerprint density at radius 3 is 1.47 bits per heavy atom. The molecule has 100 valence electrons. The van der Waals surface area contributed by atoms with Crippen molar-refractivity contribution in [1.82, 2.24) is 10.6 Å². The molecule has 0 saturated heterocycles. The van der Waals surface area contributed by atoms with Gasteiger partial charge in [-0.05, 0) is 33.1 Å². The first-order chi connectivity index (χ1) is 7.65. The first-order valence-corrected chi connectivity index (χ1v) is 6.13. The molecule has 0 aliphatic rings. The average Bonchev–Trinajstić information content (AvgIpc) is 2.22. The number of Topliss-reactive ketones (excluding diaryl/α,β-unsaturated/α-hetero) is 2. The molecule has 0 aromatic carbocycles. The second kappa shape index (κ2) is 6.87. The Morgan fingerprint density at radius 2 is 1.24 bits per heavy atom. The molecule has 0 aromatic rings. The van der Waals surface area contributed by atoms with Crippen LogP contribution >= 0.6 is 0 Å². The Bertz CT molecular complexity index is 249. The van der Waals surface area contributed by atoms with Gasteiger partial charge < -0.3 is 10.6 Å². The molecule has 0 radical (unpaired) electrons. The van der Waals surface area contributed by atoms with E-state index in [2.05, 4.69) is 24.5 Å². The van der Waals surface area contributed by atoms with Crippen LogP contribution in [0.15, 0.2) is 0 Å². The van der Waals surface area contributed by atoms with Crippen LogP contribution in [0, 0.1) is 5.41 Å². The zero-order valence-electron chi connectivity index (χ0n) is 11.9.